The van der Waals surface area contributed by atoms with Crippen molar-refractivity contribution in [1.82, 2.24) is 30.3 Å². The minimum Gasteiger partial charge on any atom is -0.481 e. The first-order valence-corrected chi connectivity index (χ1v) is 16.4. The van der Waals surface area contributed by atoms with Crippen LogP contribution in [0.3, 0.4) is 0 Å². The summed E-state index contributed by atoms with van der Waals surface area (Å²) in [5.74, 6) is -3.02. The number of aromatic nitrogens is 1. The largest absolute Gasteiger partial charge is 0.481 e. The number of rotatable bonds is 11. The molecule has 5 amide bonds. The molecule has 2 saturated heterocycles. The summed E-state index contributed by atoms with van der Waals surface area (Å²) < 4.78 is 11.2. The van der Waals surface area contributed by atoms with E-state index < -0.39 is 48.5 Å². The van der Waals surface area contributed by atoms with E-state index in [1.165, 1.54) is 20.8 Å². The molecule has 3 fully saturated rings. The predicted molar refractivity (Wildman–Crippen MR) is 171 cm³/mol. The third-order valence-corrected chi connectivity index (χ3v) is 8.67. The van der Waals surface area contributed by atoms with Crippen LogP contribution in [-0.2, 0) is 23.9 Å². The molecule has 3 aliphatic rings. The van der Waals surface area contributed by atoms with E-state index in [0.29, 0.717) is 30.3 Å². The highest BCUT2D eigenvalue weighted by Crippen LogP contribution is 2.29. The van der Waals surface area contributed by atoms with Gasteiger partial charge in [-0.2, -0.15) is 0 Å². The summed E-state index contributed by atoms with van der Waals surface area (Å²) in [4.78, 5) is 86.0. The van der Waals surface area contributed by atoms with Crippen LogP contribution in [0.5, 0.6) is 5.75 Å². The minimum absolute atomic E-state index is 0.138. The zero-order valence-electron chi connectivity index (χ0n) is 27.4. The van der Waals surface area contributed by atoms with Crippen LogP contribution in [0.2, 0.25) is 0 Å². The average Bonchev–Trinajstić information content (AvgIpc) is 3.73. The van der Waals surface area contributed by atoms with Gasteiger partial charge in [-0.05, 0) is 64.2 Å². The number of likely N-dealkylation sites (tertiary alicyclic amines) is 1. The van der Waals surface area contributed by atoms with Gasteiger partial charge < -0.3 is 39.9 Å². The van der Waals surface area contributed by atoms with Crippen LogP contribution < -0.4 is 15.4 Å². The molecular weight excluding hydrogens is 624 g/mol. The summed E-state index contributed by atoms with van der Waals surface area (Å²) in [5.41, 5.74) is 1.11. The minimum atomic E-state index is -1.40. The lowest BCUT2D eigenvalue weighted by Gasteiger charge is -2.35. The van der Waals surface area contributed by atoms with Gasteiger partial charge in [-0.1, -0.05) is 6.07 Å². The normalized spacial score (nSPS) is 19.0. The number of nitrogens with zero attached hydrogens (tertiary/aromatic N) is 4. The maximum Gasteiger partial charge on any atom is 0.409 e. The number of aryl methyl sites for hydroxylation is 1. The Morgan fingerprint density at radius 2 is 1.69 bits per heavy atom. The molecule has 1 aliphatic carbocycles. The molecule has 5 rings (SSSR count). The maximum absolute atomic E-state index is 13.6. The fourth-order valence-corrected chi connectivity index (χ4v) is 5.97. The van der Waals surface area contributed by atoms with Crippen molar-refractivity contribution in [3.63, 3.8) is 0 Å². The summed E-state index contributed by atoms with van der Waals surface area (Å²) in [5, 5.41) is 15.6. The molecular formula is C33H42N6O9. The number of carboxylic acid groups (broad SMARTS) is 1. The summed E-state index contributed by atoms with van der Waals surface area (Å²) in [6.07, 6.45) is 0.972. The molecule has 0 bridgehead atoms. The average molecular weight is 667 g/mol. The zero-order chi connectivity index (χ0) is 34.5. The second-order valence-corrected chi connectivity index (χ2v) is 12.4. The highest BCUT2D eigenvalue weighted by Gasteiger charge is 2.39. The van der Waals surface area contributed by atoms with Crippen LogP contribution in [0.4, 0.5) is 4.79 Å². The number of carbonyl (C=O) groups is 6. The van der Waals surface area contributed by atoms with Crippen molar-refractivity contribution in [2.24, 2.45) is 0 Å². The molecule has 48 heavy (non-hydrogen) atoms. The second-order valence-electron chi connectivity index (χ2n) is 12.4. The van der Waals surface area contributed by atoms with Crippen LogP contribution in [0.25, 0.3) is 10.9 Å². The number of fused-ring (bicyclic) bond motifs is 1. The highest BCUT2D eigenvalue weighted by atomic mass is 16.6. The zero-order valence-corrected chi connectivity index (χ0v) is 27.4. The fraction of sp³-hybridized carbons (Fsp3) is 0.545. The Kier molecular flexibility index (Phi) is 10.6. The van der Waals surface area contributed by atoms with Gasteiger partial charge in [0.1, 0.15) is 23.5 Å². The third-order valence-electron chi connectivity index (χ3n) is 8.67. The molecule has 15 heteroatoms. The van der Waals surface area contributed by atoms with Gasteiger partial charge >= 0.3 is 12.1 Å². The second kappa shape index (κ2) is 14.9. The van der Waals surface area contributed by atoms with Crippen LogP contribution >= 0.6 is 0 Å². The number of benzene rings is 1. The molecule has 258 valence electrons. The topological polar surface area (TPSA) is 188 Å². The van der Waals surface area contributed by atoms with Gasteiger partial charge in [0, 0.05) is 50.2 Å². The maximum atomic E-state index is 13.6. The van der Waals surface area contributed by atoms with Gasteiger partial charge in [-0.15, -0.1) is 0 Å². The summed E-state index contributed by atoms with van der Waals surface area (Å²) in [6, 6.07) is 4.90. The Morgan fingerprint density at radius 1 is 0.979 bits per heavy atom. The van der Waals surface area contributed by atoms with Crippen LogP contribution in [0.1, 0.15) is 62.0 Å². The highest BCUT2D eigenvalue weighted by molar-refractivity contribution is 6.00. The molecule has 2 aromatic rings. The standard InChI is InChI=1S/C33H42N6O9/c1-4-47-33(46)38-14-12-37(13-15-38)32(45)25(18-28(40)41)36-29(42)24-17-27(22-10-7-19(2)16-23(22)35-24)48-20(3)31(44)39-11-5-6-26(39)30(43)34-21-8-9-21/h7,10,16-17,20-21,25-26H,4-6,8-9,11-15,18H2,1-3H3,(H,34,43)(H,36,42)(H,40,41)/t20-,25+,26+/m1/s1. The van der Waals surface area contributed by atoms with Gasteiger partial charge in [-0.25, -0.2) is 9.78 Å². The molecule has 1 saturated carbocycles. The number of carbonyl (C=O) groups excluding carboxylic acids is 5. The first-order valence-electron chi connectivity index (χ1n) is 16.4. The van der Waals surface area contributed by atoms with Crippen LogP contribution in [0, 0.1) is 6.92 Å². The van der Waals surface area contributed by atoms with Gasteiger partial charge in [0.2, 0.25) is 11.8 Å². The van der Waals surface area contributed by atoms with E-state index in [-0.39, 0.29) is 62.1 Å². The summed E-state index contributed by atoms with van der Waals surface area (Å²) in [7, 11) is 0. The number of piperazine rings is 1. The Hall–Kier alpha value is -4.95. The molecule has 3 atom stereocenters. The molecule has 3 N–H and O–H groups in total. The number of ether oxygens (including phenoxy) is 2. The molecule has 0 spiro atoms. The van der Waals surface area contributed by atoms with Gasteiger partial charge in [-0.3, -0.25) is 24.0 Å². The quantitative estimate of drug-likeness (QED) is 0.317. The number of amides is 5. The number of pyridine rings is 1. The smallest absolute Gasteiger partial charge is 0.409 e. The summed E-state index contributed by atoms with van der Waals surface area (Å²) >= 11 is 0. The fourth-order valence-electron chi connectivity index (χ4n) is 5.97. The molecule has 0 radical (unpaired) electrons. The first-order chi connectivity index (χ1) is 22.9. The monoisotopic (exact) mass is 666 g/mol. The van der Waals surface area contributed by atoms with E-state index in [1.54, 1.807) is 26.0 Å². The lowest BCUT2D eigenvalue weighted by molar-refractivity contribution is -0.143. The molecule has 1 aromatic carbocycles. The molecule has 1 aromatic heterocycles. The van der Waals surface area contributed by atoms with Gasteiger partial charge in [0.15, 0.2) is 6.10 Å². The Morgan fingerprint density at radius 3 is 2.35 bits per heavy atom. The lowest BCUT2D eigenvalue weighted by Crippen LogP contribution is -2.56. The number of hydrogen-bond donors (Lipinski definition) is 3. The number of carboxylic acids is 1. The van der Waals surface area contributed by atoms with Crippen molar-refractivity contribution < 1.29 is 43.3 Å². The Labute approximate surface area is 277 Å². The number of hydrogen-bond acceptors (Lipinski definition) is 9. The Bertz CT molecular complexity index is 1590. The van der Waals surface area contributed by atoms with Crippen LogP contribution in [0.15, 0.2) is 24.3 Å². The van der Waals surface area contributed by atoms with E-state index in [0.717, 1.165) is 18.4 Å². The third kappa shape index (κ3) is 8.12. The lowest BCUT2D eigenvalue weighted by atomic mass is 10.1. The van der Waals surface area contributed by atoms with Gasteiger partial charge in [0.25, 0.3) is 11.8 Å². The van der Waals surface area contributed by atoms with Crippen LogP contribution in [-0.4, -0.2) is 124 Å². The molecule has 15 nitrogen and oxygen atoms in total. The van der Waals surface area contributed by atoms with E-state index in [4.69, 9.17) is 9.47 Å². The molecule has 3 heterocycles. The van der Waals surface area contributed by atoms with Gasteiger partial charge in [0.05, 0.1) is 18.5 Å². The SMILES string of the molecule is CCOC(=O)N1CCN(C(=O)[C@H](CC(=O)O)NC(=O)c2cc(O[C@H](C)C(=O)N3CCC[C@H]3C(=O)NC3CC3)c3ccc(C)cc3n2)CC1. The van der Waals surface area contributed by atoms with E-state index in [1.807, 2.05) is 13.0 Å². The number of nitrogens with one attached hydrogen (secondary N) is 2. The summed E-state index contributed by atoms with van der Waals surface area (Å²) in [6.45, 7) is 6.45. The van der Waals surface area contributed by atoms with Crippen molar-refractivity contribution in [2.45, 2.75) is 77.1 Å². The van der Waals surface area contributed by atoms with E-state index in [9.17, 15) is 33.9 Å². The molecule has 0 unspecified atom stereocenters. The van der Waals surface area contributed by atoms with E-state index >= 15 is 0 Å². The van der Waals surface area contributed by atoms with Crippen molar-refractivity contribution in [1.29, 1.82) is 0 Å². The van der Waals surface area contributed by atoms with Crippen molar-refractivity contribution in [3.8, 4) is 5.75 Å². The predicted octanol–water partition coefficient (Wildman–Crippen LogP) is 1.45. The molecule has 2 aliphatic heterocycles. The van der Waals surface area contributed by atoms with Crippen molar-refractivity contribution in [2.75, 3.05) is 39.3 Å². The van der Waals surface area contributed by atoms with Crippen molar-refractivity contribution in [3.05, 3.63) is 35.5 Å². The first kappa shape index (κ1) is 34.4. The van der Waals surface area contributed by atoms with Crippen molar-refractivity contribution >= 4 is 46.6 Å². The van der Waals surface area contributed by atoms with E-state index in [2.05, 4.69) is 15.6 Å². The Balaban J connectivity index is 1.32. The number of aliphatic carboxylic acids is 1.